The summed E-state index contributed by atoms with van der Waals surface area (Å²) in [5.41, 5.74) is 0. The minimum Gasteiger partial charge on any atom is -0.377 e. The summed E-state index contributed by atoms with van der Waals surface area (Å²) >= 11 is 0. The molecule has 102 valence electrons. The standard InChI is InChI=1S/C14H30N2O/c1-4-8-13(11-15-5-2)16(3)12-14-9-6-7-10-17-14/h13-15H,4-12H2,1-3H3. The molecule has 1 fully saturated rings. The largest absolute Gasteiger partial charge is 0.377 e. The summed E-state index contributed by atoms with van der Waals surface area (Å²) < 4.78 is 5.82. The second kappa shape index (κ2) is 8.90. The molecular weight excluding hydrogens is 212 g/mol. The van der Waals surface area contributed by atoms with Gasteiger partial charge in [-0.3, -0.25) is 4.90 Å². The summed E-state index contributed by atoms with van der Waals surface area (Å²) in [6.07, 6.45) is 6.82. The van der Waals surface area contributed by atoms with Gasteiger partial charge in [-0.2, -0.15) is 0 Å². The van der Waals surface area contributed by atoms with Gasteiger partial charge in [0.25, 0.3) is 0 Å². The Labute approximate surface area is 107 Å². The van der Waals surface area contributed by atoms with Crippen LogP contribution in [0.1, 0.15) is 46.0 Å². The van der Waals surface area contributed by atoms with Crippen molar-refractivity contribution in [1.29, 1.82) is 0 Å². The van der Waals surface area contributed by atoms with Crippen LogP contribution in [0.3, 0.4) is 0 Å². The molecule has 0 aromatic carbocycles. The van der Waals surface area contributed by atoms with Crippen molar-refractivity contribution >= 4 is 0 Å². The molecule has 1 heterocycles. The Morgan fingerprint density at radius 3 is 2.76 bits per heavy atom. The lowest BCUT2D eigenvalue weighted by Gasteiger charge is -2.33. The normalized spacial score (nSPS) is 22.9. The molecule has 0 aromatic heterocycles. The van der Waals surface area contributed by atoms with Gasteiger partial charge in [-0.1, -0.05) is 20.3 Å². The molecular formula is C14H30N2O. The number of rotatable bonds is 8. The molecule has 17 heavy (non-hydrogen) atoms. The molecule has 2 unspecified atom stereocenters. The average molecular weight is 242 g/mol. The van der Waals surface area contributed by atoms with Gasteiger partial charge in [-0.15, -0.1) is 0 Å². The SMILES string of the molecule is CCCC(CNCC)N(C)CC1CCCCO1. The highest BCUT2D eigenvalue weighted by Gasteiger charge is 2.20. The summed E-state index contributed by atoms with van der Waals surface area (Å²) in [7, 11) is 2.25. The molecule has 0 spiro atoms. The Balaban J connectivity index is 2.31. The van der Waals surface area contributed by atoms with Crippen molar-refractivity contribution in [2.75, 3.05) is 33.3 Å². The van der Waals surface area contributed by atoms with Crippen molar-refractivity contribution in [3.8, 4) is 0 Å². The minimum absolute atomic E-state index is 0.467. The van der Waals surface area contributed by atoms with Crippen molar-refractivity contribution in [3.05, 3.63) is 0 Å². The third kappa shape index (κ3) is 5.84. The van der Waals surface area contributed by atoms with Gasteiger partial charge in [-0.05, 0) is 39.3 Å². The molecule has 0 aliphatic carbocycles. The number of nitrogens with one attached hydrogen (secondary N) is 1. The van der Waals surface area contributed by atoms with Gasteiger partial charge in [0.1, 0.15) is 0 Å². The molecule has 3 nitrogen and oxygen atoms in total. The topological polar surface area (TPSA) is 24.5 Å². The van der Waals surface area contributed by atoms with E-state index in [0.717, 1.165) is 26.2 Å². The molecule has 0 aromatic rings. The van der Waals surface area contributed by atoms with E-state index >= 15 is 0 Å². The first-order valence-electron chi connectivity index (χ1n) is 7.30. The fourth-order valence-corrected chi connectivity index (χ4v) is 2.54. The van der Waals surface area contributed by atoms with E-state index in [-0.39, 0.29) is 0 Å². The molecule has 3 heteroatoms. The van der Waals surface area contributed by atoms with Crippen LogP contribution in [-0.2, 0) is 4.74 Å². The van der Waals surface area contributed by atoms with E-state index in [1.807, 2.05) is 0 Å². The second-order valence-electron chi connectivity index (χ2n) is 5.18. The zero-order valence-electron chi connectivity index (χ0n) is 11.9. The van der Waals surface area contributed by atoms with E-state index in [1.165, 1.54) is 32.1 Å². The van der Waals surface area contributed by atoms with Crippen LogP contribution in [0.15, 0.2) is 0 Å². The highest BCUT2D eigenvalue weighted by atomic mass is 16.5. The Morgan fingerprint density at radius 2 is 2.18 bits per heavy atom. The number of ether oxygens (including phenoxy) is 1. The third-order valence-electron chi connectivity index (χ3n) is 3.64. The zero-order valence-corrected chi connectivity index (χ0v) is 11.9. The van der Waals surface area contributed by atoms with E-state index in [0.29, 0.717) is 12.1 Å². The number of nitrogens with zero attached hydrogens (tertiary/aromatic N) is 1. The van der Waals surface area contributed by atoms with Crippen LogP contribution in [0.25, 0.3) is 0 Å². The molecule has 1 aliphatic rings. The lowest BCUT2D eigenvalue weighted by atomic mass is 10.1. The molecule has 0 amide bonds. The predicted molar refractivity (Wildman–Crippen MR) is 73.5 cm³/mol. The van der Waals surface area contributed by atoms with Crippen LogP contribution in [0.5, 0.6) is 0 Å². The Kier molecular flexibility index (Phi) is 7.82. The first kappa shape index (κ1) is 14.9. The van der Waals surface area contributed by atoms with Gasteiger partial charge in [-0.25, -0.2) is 0 Å². The fourth-order valence-electron chi connectivity index (χ4n) is 2.54. The van der Waals surface area contributed by atoms with E-state index < -0.39 is 0 Å². The minimum atomic E-state index is 0.467. The van der Waals surface area contributed by atoms with Gasteiger partial charge in [0.05, 0.1) is 6.10 Å². The summed E-state index contributed by atoms with van der Waals surface area (Å²) in [5, 5.41) is 3.47. The quantitative estimate of drug-likeness (QED) is 0.706. The average Bonchev–Trinajstić information content (AvgIpc) is 2.35. The maximum absolute atomic E-state index is 5.82. The van der Waals surface area contributed by atoms with Crippen LogP contribution in [-0.4, -0.2) is 50.3 Å². The second-order valence-corrected chi connectivity index (χ2v) is 5.18. The van der Waals surface area contributed by atoms with Gasteiger partial charge in [0, 0.05) is 25.7 Å². The molecule has 2 atom stereocenters. The van der Waals surface area contributed by atoms with Gasteiger partial charge < -0.3 is 10.1 Å². The van der Waals surface area contributed by atoms with Crippen molar-refractivity contribution in [2.24, 2.45) is 0 Å². The van der Waals surface area contributed by atoms with Crippen LogP contribution < -0.4 is 5.32 Å². The fraction of sp³-hybridized carbons (Fsp3) is 1.00. The first-order chi connectivity index (χ1) is 8.27. The molecule has 1 rings (SSSR count). The van der Waals surface area contributed by atoms with Gasteiger partial charge in [0.2, 0.25) is 0 Å². The Morgan fingerprint density at radius 1 is 1.35 bits per heavy atom. The van der Waals surface area contributed by atoms with E-state index in [4.69, 9.17) is 4.74 Å². The maximum Gasteiger partial charge on any atom is 0.0702 e. The van der Waals surface area contributed by atoms with Gasteiger partial charge >= 0.3 is 0 Å². The molecule has 0 radical (unpaired) electrons. The van der Waals surface area contributed by atoms with Crippen LogP contribution in [0.4, 0.5) is 0 Å². The molecule has 1 aliphatic heterocycles. The van der Waals surface area contributed by atoms with Crippen molar-refractivity contribution in [1.82, 2.24) is 10.2 Å². The van der Waals surface area contributed by atoms with Crippen LogP contribution in [0.2, 0.25) is 0 Å². The summed E-state index contributed by atoms with van der Waals surface area (Å²) in [6, 6.07) is 0.658. The van der Waals surface area contributed by atoms with Crippen molar-refractivity contribution in [2.45, 2.75) is 58.1 Å². The number of likely N-dealkylation sites (N-methyl/N-ethyl adjacent to an activating group) is 2. The lowest BCUT2D eigenvalue weighted by Crippen LogP contribution is -2.44. The van der Waals surface area contributed by atoms with E-state index in [2.05, 4.69) is 31.1 Å². The highest BCUT2D eigenvalue weighted by Crippen LogP contribution is 2.15. The third-order valence-corrected chi connectivity index (χ3v) is 3.64. The summed E-state index contributed by atoms with van der Waals surface area (Å²) in [6.45, 7) is 8.67. The zero-order chi connectivity index (χ0) is 12.5. The monoisotopic (exact) mass is 242 g/mol. The van der Waals surface area contributed by atoms with E-state index in [9.17, 15) is 0 Å². The van der Waals surface area contributed by atoms with Crippen LogP contribution in [0, 0.1) is 0 Å². The van der Waals surface area contributed by atoms with Crippen molar-refractivity contribution in [3.63, 3.8) is 0 Å². The summed E-state index contributed by atoms with van der Waals surface area (Å²) in [4.78, 5) is 2.49. The molecule has 0 bridgehead atoms. The van der Waals surface area contributed by atoms with Crippen molar-refractivity contribution < 1.29 is 4.74 Å². The molecule has 0 saturated carbocycles. The predicted octanol–water partition coefficient (Wildman–Crippen LogP) is 2.27. The highest BCUT2D eigenvalue weighted by molar-refractivity contribution is 4.75. The molecule has 1 N–H and O–H groups in total. The smallest absolute Gasteiger partial charge is 0.0702 e. The Bertz CT molecular complexity index is 181. The number of hydrogen-bond donors (Lipinski definition) is 1. The number of hydrogen-bond acceptors (Lipinski definition) is 3. The lowest BCUT2D eigenvalue weighted by molar-refractivity contribution is -0.00869. The van der Waals surface area contributed by atoms with E-state index in [1.54, 1.807) is 0 Å². The van der Waals surface area contributed by atoms with Crippen LogP contribution >= 0.6 is 0 Å². The van der Waals surface area contributed by atoms with Gasteiger partial charge in [0.15, 0.2) is 0 Å². The first-order valence-corrected chi connectivity index (χ1v) is 7.30. The summed E-state index contributed by atoms with van der Waals surface area (Å²) in [5.74, 6) is 0. The maximum atomic E-state index is 5.82. The molecule has 1 saturated heterocycles. The Hall–Kier alpha value is -0.120.